The van der Waals surface area contributed by atoms with Crippen LogP contribution in [0.4, 0.5) is 0 Å². The summed E-state index contributed by atoms with van der Waals surface area (Å²) in [5.41, 5.74) is 2.46. The summed E-state index contributed by atoms with van der Waals surface area (Å²) >= 11 is 0. The highest BCUT2D eigenvalue weighted by Gasteiger charge is 2.26. The second-order valence-electron chi connectivity index (χ2n) is 6.72. The topological polar surface area (TPSA) is 41.1 Å². The molecule has 0 radical (unpaired) electrons. The molecular weight excluding hydrogens is 260 g/mol. The van der Waals surface area contributed by atoms with E-state index in [-0.39, 0.29) is 11.9 Å². The van der Waals surface area contributed by atoms with Gasteiger partial charge in [-0.3, -0.25) is 4.79 Å². The van der Waals surface area contributed by atoms with Crippen LogP contribution in [0.25, 0.3) is 0 Å². The van der Waals surface area contributed by atoms with Gasteiger partial charge in [-0.25, -0.2) is 0 Å². The van der Waals surface area contributed by atoms with Crippen LogP contribution in [0.1, 0.15) is 49.8 Å². The van der Waals surface area contributed by atoms with Gasteiger partial charge in [0.25, 0.3) is 0 Å². The predicted octanol–water partition coefficient (Wildman–Crippen LogP) is 2.82. The van der Waals surface area contributed by atoms with Crippen molar-refractivity contribution in [2.45, 2.75) is 45.1 Å². The third kappa shape index (κ3) is 3.46. The second-order valence-corrected chi connectivity index (χ2v) is 6.72. The molecule has 1 aromatic rings. The van der Waals surface area contributed by atoms with Gasteiger partial charge in [0, 0.05) is 13.1 Å². The molecule has 0 aromatic heterocycles. The van der Waals surface area contributed by atoms with Crippen molar-refractivity contribution in [2.24, 2.45) is 11.8 Å². The van der Waals surface area contributed by atoms with Crippen molar-refractivity contribution in [2.75, 3.05) is 13.1 Å². The van der Waals surface area contributed by atoms with Crippen molar-refractivity contribution >= 4 is 5.91 Å². The number of amides is 1. The summed E-state index contributed by atoms with van der Waals surface area (Å²) in [5, 5.41) is 6.54. The predicted molar refractivity (Wildman–Crippen MR) is 85.0 cm³/mol. The summed E-state index contributed by atoms with van der Waals surface area (Å²) < 4.78 is 0. The zero-order valence-corrected chi connectivity index (χ0v) is 12.9. The van der Waals surface area contributed by atoms with Crippen LogP contribution in [0, 0.1) is 11.8 Å². The molecule has 1 heterocycles. The van der Waals surface area contributed by atoms with Crippen molar-refractivity contribution in [3.63, 3.8) is 0 Å². The summed E-state index contributed by atoms with van der Waals surface area (Å²) in [6.45, 7) is 4.05. The van der Waals surface area contributed by atoms with E-state index in [1.807, 2.05) is 6.07 Å². The average Bonchev–Trinajstić information content (AvgIpc) is 2.52. The lowest BCUT2D eigenvalue weighted by atomic mass is 9.82. The molecule has 1 aliphatic heterocycles. The highest BCUT2D eigenvalue weighted by Crippen LogP contribution is 2.28. The van der Waals surface area contributed by atoms with Gasteiger partial charge >= 0.3 is 0 Å². The van der Waals surface area contributed by atoms with Gasteiger partial charge in [-0.1, -0.05) is 44.0 Å². The Balaban J connectivity index is 1.59. The molecule has 0 saturated heterocycles. The van der Waals surface area contributed by atoms with Gasteiger partial charge in [0.05, 0.1) is 0 Å². The minimum atomic E-state index is -0.170. The van der Waals surface area contributed by atoms with Crippen molar-refractivity contribution < 1.29 is 4.79 Å². The zero-order chi connectivity index (χ0) is 14.7. The van der Waals surface area contributed by atoms with Crippen LogP contribution < -0.4 is 10.6 Å². The summed E-state index contributed by atoms with van der Waals surface area (Å²) in [5.74, 6) is 1.62. The lowest BCUT2D eigenvalue weighted by Gasteiger charge is -2.29. The fourth-order valence-electron chi connectivity index (χ4n) is 3.83. The fraction of sp³-hybridized carbons (Fsp3) is 0.611. The first-order chi connectivity index (χ1) is 10.2. The Morgan fingerprint density at radius 2 is 2.19 bits per heavy atom. The van der Waals surface area contributed by atoms with E-state index in [1.54, 1.807) is 0 Å². The Morgan fingerprint density at radius 1 is 1.33 bits per heavy atom. The van der Waals surface area contributed by atoms with Crippen LogP contribution in [0.2, 0.25) is 0 Å². The lowest BCUT2D eigenvalue weighted by Crippen LogP contribution is -2.43. The molecular formula is C18H26N2O. The van der Waals surface area contributed by atoms with E-state index < -0.39 is 0 Å². The molecule has 3 rings (SSSR count). The summed E-state index contributed by atoms with van der Waals surface area (Å²) in [4.78, 5) is 12.5. The van der Waals surface area contributed by atoms with Crippen molar-refractivity contribution in [3.05, 3.63) is 35.4 Å². The molecule has 2 aliphatic rings. The Kier molecular flexibility index (Phi) is 4.59. The molecule has 3 atom stereocenters. The Hall–Kier alpha value is -1.35. The summed E-state index contributed by atoms with van der Waals surface area (Å²) in [6, 6.07) is 8.13. The van der Waals surface area contributed by atoms with E-state index in [9.17, 15) is 4.79 Å². The average molecular weight is 286 g/mol. The third-order valence-corrected chi connectivity index (χ3v) is 4.98. The number of hydrogen-bond acceptors (Lipinski definition) is 2. The number of fused-ring (bicyclic) bond motifs is 1. The largest absolute Gasteiger partial charge is 0.354 e. The normalized spacial score (nSPS) is 28.7. The van der Waals surface area contributed by atoms with E-state index in [4.69, 9.17) is 0 Å². The van der Waals surface area contributed by atoms with Crippen molar-refractivity contribution in [1.29, 1.82) is 0 Å². The standard InChI is InChI=1S/C18H26N2O/c1-13-5-4-6-14(11-13)12-20-18(21)17-16-8-3-2-7-15(16)9-10-19-17/h2-3,7-8,13-14,17,19H,4-6,9-12H2,1H3,(H,20,21). The molecule has 1 amide bonds. The molecule has 3 unspecified atom stereocenters. The second kappa shape index (κ2) is 6.61. The molecule has 0 spiro atoms. The monoisotopic (exact) mass is 286 g/mol. The van der Waals surface area contributed by atoms with E-state index >= 15 is 0 Å². The van der Waals surface area contributed by atoms with Gasteiger partial charge in [-0.15, -0.1) is 0 Å². The number of hydrogen-bond donors (Lipinski definition) is 2. The Labute approximate surface area is 127 Å². The van der Waals surface area contributed by atoms with E-state index in [2.05, 4.69) is 35.8 Å². The highest BCUT2D eigenvalue weighted by molar-refractivity contribution is 5.83. The quantitative estimate of drug-likeness (QED) is 0.897. The molecule has 3 heteroatoms. The number of carbonyl (C=O) groups excluding carboxylic acids is 1. The Bertz CT molecular complexity index is 500. The zero-order valence-electron chi connectivity index (χ0n) is 12.9. The van der Waals surface area contributed by atoms with Gasteiger partial charge in [-0.05, 0) is 42.2 Å². The molecule has 1 aromatic carbocycles. The van der Waals surface area contributed by atoms with E-state index in [0.717, 1.165) is 31.0 Å². The van der Waals surface area contributed by atoms with Gasteiger partial charge in [0.1, 0.15) is 6.04 Å². The van der Waals surface area contributed by atoms with Gasteiger partial charge in [0.2, 0.25) is 5.91 Å². The van der Waals surface area contributed by atoms with Crippen LogP contribution in [-0.4, -0.2) is 19.0 Å². The lowest BCUT2D eigenvalue weighted by molar-refractivity contribution is -0.123. The van der Waals surface area contributed by atoms with Crippen LogP contribution in [-0.2, 0) is 11.2 Å². The molecule has 2 N–H and O–H groups in total. The smallest absolute Gasteiger partial charge is 0.241 e. The minimum Gasteiger partial charge on any atom is -0.354 e. The maximum Gasteiger partial charge on any atom is 0.241 e. The molecule has 1 saturated carbocycles. The third-order valence-electron chi connectivity index (χ3n) is 4.98. The van der Waals surface area contributed by atoms with Crippen molar-refractivity contribution in [1.82, 2.24) is 10.6 Å². The first-order valence-corrected chi connectivity index (χ1v) is 8.33. The summed E-state index contributed by atoms with van der Waals surface area (Å²) in [6.07, 6.45) is 6.20. The fourth-order valence-corrected chi connectivity index (χ4v) is 3.83. The highest BCUT2D eigenvalue weighted by atomic mass is 16.2. The van der Waals surface area contributed by atoms with Crippen molar-refractivity contribution in [3.8, 4) is 0 Å². The Morgan fingerprint density at radius 3 is 3.05 bits per heavy atom. The summed E-state index contributed by atoms with van der Waals surface area (Å²) in [7, 11) is 0. The maximum atomic E-state index is 12.5. The molecule has 114 valence electrons. The van der Waals surface area contributed by atoms with Gasteiger partial charge in [0.15, 0.2) is 0 Å². The van der Waals surface area contributed by atoms with E-state index in [0.29, 0.717) is 5.92 Å². The number of rotatable bonds is 3. The minimum absolute atomic E-state index is 0.139. The van der Waals surface area contributed by atoms with Gasteiger partial charge in [-0.2, -0.15) is 0 Å². The van der Waals surface area contributed by atoms with Crippen LogP contribution in [0.5, 0.6) is 0 Å². The van der Waals surface area contributed by atoms with Crippen LogP contribution >= 0.6 is 0 Å². The van der Waals surface area contributed by atoms with Crippen LogP contribution in [0.15, 0.2) is 24.3 Å². The molecule has 21 heavy (non-hydrogen) atoms. The maximum absolute atomic E-state index is 12.5. The number of nitrogens with one attached hydrogen (secondary N) is 2. The molecule has 1 aliphatic carbocycles. The van der Waals surface area contributed by atoms with Gasteiger partial charge < -0.3 is 10.6 Å². The van der Waals surface area contributed by atoms with E-state index in [1.165, 1.54) is 31.2 Å². The van der Waals surface area contributed by atoms with Crippen LogP contribution in [0.3, 0.4) is 0 Å². The number of carbonyl (C=O) groups is 1. The molecule has 3 nitrogen and oxygen atoms in total. The first kappa shape index (κ1) is 14.6. The number of benzene rings is 1. The SMILES string of the molecule is CC1CCCC(CNC(=O)C2NCCc3ccccc32)C1. The molecule has 1 fully saturated rings. The molecule has 0 bridgehead atoms. The first-order valence-electron chi connectivity index (χ1n) is 8.33.